The van der Waals surface area contributed by atoms with Gasteiger partial charge in [0.1, 0.15) is 0 Å². The van der Waals surface area contributed by atoms with E-state index in [9.17, 15) is 13.2 Å². The molecule has 0 radical (unpaired) electrons. The normalized spacial score (nSPS) is 17.4. The van der Waals surface area contributed by atoms with Crippen LogP contribution >= 0.6 is 23.2 Å². The van der Waals surface area contributed by atoms with Crippen LogP contribution in [0.3, 0.4) is 0 Å². The Bertz CT molecular complexity index is 1860. The number of benzene rings is 4. The van der Waals surface area contributed by atoms with E-state index in [-0.39, 0.29) is 34.4 Å². The van der Waals surface area contributed by atoms with Crippen LogP contribution in [0.5, 0.6) is 0 Å². The van der Waals surface area contributed by atoms with E-state index in [4.69, 9.17) is 23.2 Å². The third-order valence-corrected chi connectivity index (χ3v) is 9.11. The van der Waals surface area contributed by atoms with Crippen molar-refractivity contribution in [3.63, 3.8) is 0 Å². The van der Waals surface area contributed by atoms with Crippen LogP contribution in [0.25, 0.3) is 11.8 Å². The summed E-state index contributed by atoms with van der Waals surface area (Å²) in [5.74, 6) is -0.334. The van der Waals surface area contributed by atoms with Gasteiger partial charge in [-0.2, -0.15) is 12.8 Å². The third kappa shape index (κ3) is 5.26. The van der Waals surface area contributed by atoms with Gasteiger partial charge in [0.2, 0.25) is 0 Å². The molecule has 0 aliphatic carbocycles. The molecular weight excluding hydrogens is 575 g/mol. The van der Waals surface area contributed by atoms with Crippen molar-refractivity contribution < 1.29 is 13.2 Å². The van der Waals surface area contributed by atoms with Crippen LogP contribution in [0.2, 0.25) is 10.0 Å². The lowest BCUT2D eigenvalue weighted by molar-refractivity contribution is 0.103. The Morgan fingerprint density at radius 1 is 0.854 bits per heavy atom. The Kier molecular flexibility index (Phi) is 7.16. The molecule has 0 N–H and O–H groups in total. The molecule has 8 heteroatoms. The highest BCUT2D eigenvalue weighted by Crippen LogP contribution is 2.45. The SMILES string of the molecule is Cc1ccc(S(=O)(=O)/N=C2\CC(c3ccc(Cl)cc3)N3C=Cc4ccccc4C3=C2C(=O)c2ccc(Cl)cc2)cc1. The summed E-state index contributed by atoms with van der Waals surface area (Å²) in [6.45, 7) is 1.88. The molecule has 6 rings (SSSR count). The number of halogens is 2. The summed E-state index contributed by atoms with van der Waals surface area (Å²) in [5.41, 5.74) is 4.99. The minimum atomic E-state index is -4.14. The lowest BCUT2D eigenvalue weighted by Gasteiger charge is -2.41. The molecule has 2 aliphatic rings. The smallest absolute Gasteiger partial charge is 0.282 e. The van der Waals surface area contributed by atoms with Crippen molar-refractivity contribution in [2.24, 2.45) is 4.40 Å². The van der Waals surface area contributed by atoms with Crippen molar-refractivity contribution in [2.45, 2.75) is 24.3 Å². The van der Waals surface area contributed by atoms with E-state index in [1.54, 1.807) is 48.5 Å². The Morgan fingerprint density at radius 2 is 1.49 bits per heavy atom. The van der Waals surface area contributed by atoms with E-state index in [1.165, 1.54) is 12.1 Å². The van der Waals surface area contributed by atoms with Crippen LogP contribution < -0.4 is 0 Å². The Hall–Kier alpha value is -3.97. The summed E-state index contributed by atoms with van der Waals surface area (Å²) in [7, 11) is -4.14. The minimum absolute atomic E-state index is 0.0632. The lowest BCUT2D eigenvalue weighted by Crippen LogP contribution is -2.36. The summed E-state index contributed by atoms with van der Waals surface area (Å²) in [5, 5.41) is 1.09. The quantitative estimate of drug-likeness (QED) is 0.217. The van der Waals surface area contributed by atoms with Gasteiger partial charge in [0.25, 0.3) is 10.0 Å². The van der Waals surface area contributed by atoms with E-state index in [0.717, 1.165) is 22.3 Å². The van der Waals surface area contributed by atoms with E-state index >= 15 is 0 Å². The zero-order valence-electron chi connectivity index (χ0n) is 22.0. The van der Waals surface area contributed by atoms with Crippen LogP contribution in [0.1, 0.15) is 45.1 Å². The van der Waals surface area contributed by atoms with Crippen LogP contribution in [-0.2, 0) is 10.0 Å². The fourth-order valence-corrected chi connectivity index (χ4v) is 6.51. The highest BCUT2D eigenvalue weighted by atomic mass is 35.5. The fourth-order valence-electron chi connectivity index (χ4n) is 5.21. The number of ketones is 1. The number of allylic oxidation sites excluding steroid dienone is 1. The van der Waals surface area contributed by atoms with Gasteiger partial charge in [-0.1, -0.05) is 77.3 Å². The van der Waals surface area contributed by atoms with Crippen LogP contribution in [0.4, 0.5) is 0 Å². The number of hydrogen-bond acceptors (Lipinski definition) is 4. The summed E-state index contributed by atoms with van der Waals surface area (Å²) in [4.78, 5) is 16.4. The highest BCUT2D eigenvalue weighted by molar-refractivity contribution is 7.90. The maximum atomic E-state index is 14.3. The molecule has 0 spiro atoms. The number of nitrogens with zero attached hydrogens (tertiary/aromatic N) is 2. The van der Waals surface area contributed by atoms with Gasteiger partial charge in [0, 0.05) is 33.8 Å². The zero-order valence-corrected chi connectivity index (χ0v) is 24.3. The molecule has 4 aromatic rings. The van der Waals surface area contributed by atoms with Crippen molar-refractivity contribution in [1.82, 2.24) is 4.90 Å². The molecule has 2 heterocycles. The first kappa shape index (κ1) is 27.2. The number of hydrogen-bond donors (Lipinski definition) is 0. The largest absolute Gasteiger partial charge is 0.339 e. The van der Waals surface area contributed by atoms with E-state index < -0.39 is 10.0 Å². The first-order valence-electron chi connectivity index (χ1n) is 13.0. The molecule has 0 fully saturated rings. The molecule has 0 aromatic heterocycles. The number of rotatable bonds is 5. The Balaban J connectivity index is 1.63. The molecular formula is C33H24Cl2N2O3S. The topological polar surface area (TPSA) is 66.8 Å². The van der Waals surface area contributed by atoms with E-state index in [2.05, 4.69) is 4.40 Å². The summed E-state index contributed by atoms with van der Waals surface area (Å²) in [6.07, 6.45) is 4.12. The maximum absolute atomic E-state index is 14.3. The van der Waals surface area contributed by atoms with Gasteiger partial charge >= 0.3 is 0 Å². The second-order valence-electron chi connectivity index (χ2n) is 9.97. The van der Waals surface area contributed by atoms with Gasteiger partial charge in [-0.15, -0.1) is 0 Å². The third-order valence-electron chi connectivity index (χ3n) is 7.27. The van der Waals surface area contributed by atoms with Crippen molar-refractivity contribution in [2.75, 3.05) is 0 Å². The number of fused-ring (bicyclic) bond motifs is 3. The molecule has 4 aromatic carbocycles. The molecule has 204 valence electrons. The van der Waals surface area contributed by atoms with Gasteiger partial charge in [0.05, 0.1) is 27.9 Å². The predicted octanol–water partition coefficient (Wildman–Crippen LogP) is 8.16. The summed E-state index contributed by atoms with van der Waals surface area (Å²) < 4.78 is 31.7. The number of aryl methyl sites for hydroxylation is 1. The van der Waals surface area contributed by atoms with Crippen LogP contribution in [0.15, 0.2) is 118 Å². The highest BCUT2D eigenvalue weighted by Gasteiger charge is 2.39. The van der Waals surface area contributed by atoms with Crippen LogP contribution in [-0.4, -0.2) is 24.8 Å². The molecule has 0 bridgehead atoms. The van der Waals surface area contributed by atoms with Gasteiger partial charge in [-0.3, -0.25) is 4.79 Å². The Morgan fingerprint density at radius 3 is 2.17 bits per heavy atom. The molecule has 0 amide bonds. The van der Waals surface area contributed by atoms with E-state index in [1.807, 2.05) is 60.5 Å². The second kappa shape index (κ2) is 10.8. The summed E-state index contributed by atoms with van der Waals surface area (Å²) >= 11 is 12.3. The van der Waals surface area contributed by atoms with Gasteiger partial charge < -0.3 is 4.90 Å². The lowest BCUT2D eigenvalue weighted by atomic mass is 9.82. The fraction of sp³-hybridized carbons (Fsp3) is 0.0909. The molecule has 2 aliphatic heterocycles. The van der Waals surface area contributed by atoms with Crippen molar-refractivity contribution in [3.05, 3.63) is 147 Å². The van der Waals surface area contributed by atoms with Gasteiger partial charge in [-0.05, 0) is 72.7 Å². The molecule has 5 nitrogen and oxygen atoms in total. The molecule has 0 saturated heterocycles. The number of carbonyl (C=O) groups is 1. The average molecular weight is 600 g/mol. The van der Waals surface area contributed by atoms with Crippen molar-refractivity contribution in [3.8, 4) is 0 Å². The number of carbonyl (C=O) groups excluding carboxylic acids is 1. The first-order chi connectivity index (χ1) is 19.7. The number of sulfonamides is 1. The standard InChI is InChI=1S/C33H24Cl2N2O3S/c1-21-6-16-27(17-7-21)41(39,40)36-29-20-30(23-8-12-25(34)13-9-23)37-19-18-22-4-2-3-5-28(22)32(37)31(29)33(38)24-10-14-26(35)15-11-24/h2-19,30H,20H2,1H3/b36-29+. The molecule has 1 unspecified atom stereocenters. The van der Waals surface area contributed by atoms with Gasteiger partial charge in [-0.25, -0.2) is 0 Å². The number of Topliss-reactive ketones (excluding diaryl/α,β-unsaturated/α-hetero) is 1. The van der Waals surface area contributed by atoms with Crippen LogP contribution in [0, 0.1) is 6.92 Å². The average Bonchev–Trinajstić information content (AvgIpc) is 2.97. The van der Waals surface area contributed by atoms with E-state index in [0.29, 0.717) is 21.3 Å². The van der Waals surface area contributed by atoms with Gasteiger partial charge in [0.15, 0.2) is 5.78 Å². The summed E-state index contributed by atoms with van der Waals surface area (Å²) in [6, 6.07) is 27.9. The maximum Gasteiger partial charge on any atom is 0.282 e. The first-order valence-corrected chi connectivity index (χ1v) is 15.2. The van der Waals surface area contributed by atoms with Crippen molar-refractivity contribution in [1.29, 1.82) is 0 Å². The monoisotopic (exact) mass is 598 g/mol. The zero-order chi connectivity index (χ0) is 28.7. The molecule has 0 saturated carbocycles. The molecule has 1 atom stereocenters. The van der Waals surface area contributed by atoms with Crippen molar-refractivity contribution >= 4 is 56.5 Å². The predicted molar refractivity (Wildman–Crippen MR) is 165 cm³/mol. The minimum Gasteiger partial charge on any atom is -0.339 e. The molecule has 41 heavy (non-hydrogen) atoms. The second-order valence-corrected chi connectivity index (χ2v) is 12.4. The Labute approximate surface area is 249 Å².